The molecule has 0 bridgehead atoms. The van der Waals surface area contributed by atoms with Crippen molar-refractivity contribution in [3.05, 3.63) is 77.7 Å². The van der Waals surface area contributed by atoms with Gasteiger partial charge < -0.3 is 24.3 Å². The average Bonchev–Trinajstić information content (AvgIpc) is 3.50. The number of carbonyl (C=O) groups is 1. The fourth-order valence-corrected chi connectivity index (χ4v) is 4.85. The van der Waals surface area contributed by atoms with Gasteiger partial charge in [-0.1, -0.05) is 24.3 Å². The van der Waals surface area contributed by atoms with E-state index >= 15 is 0 Å². The van der Waals surface area contributed by atoms with Crippen LogP contribution in [0, 0.1) is 5.92 Å². The number of fused-ring (bicyclic) bond motifs is 1. The molecule has 2 saturated heterocycles. The topological polar surface area (TPSA) is 107 Å². The van der Waals surface area contributed by atoms with Crippen LogP contribution in [0.4, 0.5) is 0 Å². The van der Waals surface area contributed by atoms with E-state index in [0.29, 0.717) is 30.2 Å². The smallest absolute Gasteiger partial charge is 0.242 e. The van der Waals surface area contributed by atoms with E-state index in [0.717, 1.165) is 5.56 Å². The molecule has 4 atom stereocenters. The van der Waals surface area contributed by atoms with Gasteiger partial charge in [0.1, 0.15) is 17.6 Å². The Bertz CT molecular complexity index is 1120. The van der Waals surface area contributed by atoms with Crippen LogP contribution in [0.25, 0.3) is 0 Å². The van der Waals surface area contributed by atoms with Crippen LogP contribution >= 0.6 is 0 Å². The summed E-state index contributed by atoms with van der Waals surface area (Å²) < 4.78 is 11.1. The molecular formula is C24H25N3O5. The van der Waals surface area contributed by atoms with Crippen LogP contribution in [0.5, 0.6) is 17.2 Å². The summed E-state index contributed by atoms with van der Waals surface area (Å²) in [5.41, 5.74) is 7.91. The minimum absolute atomic E-state index is 0.0500. The van der Waals surface area contributed by atoms with E-state index in [1.54, 1.807) is 41.5 Å². The number of para-hydroxylation sites is 1. The molecule has 4 N–H and O–H groups in total. The number of nitrogens with zero attached hydrogens (tertiary/aromatic N) is 1. The normalized spacial score (nSPS) is 24.7. The van der Waals surface area contributed by atoms with Gasteiger partial charge >= 0.3 is 0 Å². The highest BCUT2D eigenvalue weighted by Gasteiger charge is 2.56. The Morgan fingerprint density at radius 1 is 1.03 bits per heavy atom. The molecule has 2 aromatic carbocycles. The van der Waals surface area contributed by atoms with E-state index in [-0.39, 0.29) is 35.4 Å². The fourth-order valence-electron chi connectivity index (χ4n) is 4.85. The highest BCUT2D eigenvalue weighted by Crippen LogP contribution is 2.49. The Labute approximate surface area is 185 Å². The van der Waals surface area contributed by atoms with Crippen molar-refractivity contribution in [2.75, 3.05) is 6.61 Å². The second-order valence-electron chi connectivity index (χ2n) is 8.03. The number of likely N-dealkylation sites (tertiary alicyclic amines) is 1. The Morgan fingerprint density at radius 2 is 1.84 bits per heavy atom. The zero-order valence-corrected chi connectivity index (χ0v) is 17.6. The number of phenolic OH excluding ortho intramolecular Hbond substituents is 2. The zero-order valence-electron chi connectivity index (χ0n) is 17.6. The monoisotopic (exact) mass is 435 g/mol. The summed E-state index contributed by atoms with van der Waals surface area (Å²) >= 11 is 0. The first-order valence-electron chi connectivity index (χ1n) is 10.7. The third-order valence-corrected chi connectivity index (χ3v) is 6.22. The zero-order chi connectivity index (χ0) is 22.2. The summed E-state index contributed by atoms with van der Waals surface area (Å²) in [6, 6.07) is 14.8. The molecule has 3 aromatic rings. The summed E-state index contributed by atoms with van der Waals surface area (Å²) in [5.74, 6) is 0.992. The Balaban J connectivity index is 1.60. The molecule has 1 amide bonds. The minimum atomic E-state index is -0.482. The van der Waals surface area contributed by atoms with E-state index < -0.39 is 6.04 Å². The number of hydrazine groups is 1. The van der Waals surface area contributed by atoms with E-state index in [4.69, 9.17) is 9.15 Å². The number of hydrogen-bond donors (Lipinski definition) is 4. The number of rotatable bonds is 6. The summed E-state index contributed by atoms with van der Waals surface area (Å²) in [6.45, 7) is 2.57. The minimum Gasteiger partial charge on any atom is -0.508 e. The van der Waals surface area contributed by atoms with Gasteiger partial charge in [-0.25, -0.2) is 10.9 Å². The van der Waals surface area contributed by atoms with Gasteiger partial charge in [-0.2, -0.15) is 0 Å². The van der Waals surface area contributed by atoms with Crippen LogP contribution in [-0.2, 0) is 11.3 Å². The first-order valence-corrected chi connectivity index (χ1v) is 10.7. The number of aromatic hydroxyl groups is 2. The number of carbonyl (C=O) groups excluding carboxylic acids is 1. The Morgan fingerprint density at radius 3 is 2.59 bits per heavy atom. The molecule has 32 heavy (non-hydrogen) atoms. The lowest BCUT2D eigenvalue weighted by Crippen LogP contribution is -2.41. The van der Waals surface area contributed by atoms with Gasteiger partial charge in [0.2, 0.25) is 5.91 Å². The molecule has 2 aliphatic rings. The van der Waals surface area contributed by atoms with E-state index in [9.17, 15) is 15.0 Å². The first-order chi connectivity index (χ1) is 15.6. The van der Waals surface area contributed by atoms with Gasteiger partial charge in [0.25, 0.3) is 0 Å². The van der Waals surface area contributed by atoms with Crippen LogP contribution in [0.15, 0.2) is 65.3 Å². The van der Waals surface area contributed by atoms with Crippen molar-refractivity contribution in [3.63, 3.8) is 0 Å². The molecular weight excluding hydrogens is 410 g/mol. The molecule has 166 valence electrons. The number of hydrogen-bond acceptors (Lipinski definition) is 7. The van der Waals surface area contributed by atoms with Crippen LogP contribution in [-0.4, -0.2) is 33.7 Å². The van der Waals surface area contributed by atoms with E-state index in [1.807, 2.05) is 31.2 Å². The maximum absolute atomic E-state index is 13.5. The predicted octanol–water partition coefficient (Wildman–Crippen LogP) is 3.01. The number of nitrogens with one attached hydrogen (secondary N) is 2. The van der Waals surface area contributed by atoms with Crippen molar-refractivity contribution < 1.29 is 24.2 Å². The maximum atomic E-state index is 13.5. The molecule has 0 radical (unpaired) electrons. The quantitative estimate of drug-likeness (QED) is 0.472. The maximum Gasteiger partial charge on any atom is 0.242 e. The highest BCUT2D eigenvalue weighted by molar-refractivity contribution is 5.86. The van der Waals surface area contributed by atoms with Crippen LogP contribution in [0.2, 0.25) is 0 Å². The molecule has 5 rings (SSSR count). The predicted molar refractivity (Wildman–Crippen MR) is 116 cm³/mol. The molecule has 0 aliphatic carbocycles. The largest absolute Gasteiger partial charge is 0.508 e. The standard InChI is InChI=1S/C24H25N3O5/c1-2-31-19-12-14(9-10-18(19)29)23-20-21(16-7-3-4-8-17(16)28)25-26-22(20)24(30)27(23)13-15-6-5-11-32-15/h3-12,20-23,25-26,28-29H,2,13H2,1H3. The number of benzene rings is 2. The second kappa shape index (κ2) is 8.22. The Hall–Kier alpha value is -3.49. The summed E-state index contributed by atoms with van der Waals surface area (Å²) in [6.07, 6.45) is 1.59. The first kappa shape index (κ1) is 20.4. The van der Waals surface area contributed by atoms with Crippen molar-refractivity contribution in [1.29, 1.82) is 0 Å². The number of phenols is 2. The summed E-state index contributed by atoms with van der Waals surface area (Å²) in [7, 11) is 0. The second-order valence-corrected chi connectivity index (χ2v) is 8.03. The SMILES string of the molecule is CCOc1cc(C2C3C(NNC3c3ccccc3O)C(=O)N2Cc2ccco2)ccc1O. The third-order valence-electron chi connectivity index (χ3n) is 6.22. The van der Waals surface area contributed by atoms with Crippen molar-refractivity contribution in [3.8, 4) is 17.2 Å². The lowest BCUT2D eigenvalue weighted by Gasteiger charge is -2.31. The van der Waals surface area contributed by atoms with Gasteiger partial charge in [0, 0.05) is 11.5 Å². The number of ether oxygens (including phenoxy) is 1. The van der Waals surface area contributed by atoms with Crippen LogP contribution in [0.1, 0.15) is 35.9 Å². The van der Waals surface area contributed by atoms with E-state index in [2.05, 4.69) is 10.9 Å². The Kier molecular flexibility index (Phi) is 5.24. The van der Waals surface area contributed by atoms with Gasteiger partial charge in [-0.3, -0.25) is 4.79 Å². The molecule has 2 fully saturated rings. The lowest BCUT2D eigenvalue weighted by molar-refractivity contribution is -0.131. The highest BCUT2D eigenvalue weighted by atomic mass is 16.5. The average molecular weight is 435 g/mol. The third kappa shape index (κ3) is 3.37. The molecule has 0 spiro atoms. The summed E-state index contributed by atoms with van der Waals surface area (Å²) in [5, 5.41) is 20.7. The molecule has 2 aliphatic heterocycles. The van der Waals surface area contributed by atoms with Crippen molar-refractivity contribution in [1.82, 2.24) is 15.8 Å². The molecule has 8 nitrogen and oxygen atoms in total. The fraction of sp³-hybridized carbons (Fsp3) is 0.292. The van der Waals surface area contributed by atoms with E-state index in [1.165, 1.54) is 0 Å². The molecule has 8 heteroatoms. The summed E-state index contributed by atoms with van der Waals surface area (Å²) in [4.78, 5) is 15.3. The molecule has 0 saturated carbocycles. The lowest BCUT2D eigenvalue weighted by atomic mass is 9.83. The molecule has 4 unspecified atom stereocenters. The van der Waals surface area contributed by atoms with Gasteiger partial charge in [-0.15, -0.1) is 0 Å². The van der Waals surface area contributed by atoms with Crippen molar-refractivity contribution in [2.24, 2.45) is 5.92 Å². The van der Waals surface area contributed by atoms with Crippen molar-refractivity contribution >= 4 is 5.91 Å². The number of furan rings is 1. The van der Waals surface area contributed by atoms with Crippen LogP contribution in [0.3, 0.4) is 0 Å². The van der Waals surface area contributed by atoms with Gasteiger partial charge in [-0.05, 0) is 42.8 Å². The molecule has 3 heterocycles. The van der Waals surface area contributed by atoms with Gasteiger partial charge in [0.15, 0.2) is 11.5 Å². The molecule has 1 aromatic heterocycles. The number of amides is 1. The van der Waals surface area contributed by atoms with Gasteiger partial charge in [0.05, 0.1) is 31.5 Å². The van der Waals surface area contributed by atoms with Crippen LogP contribution < -0.4 is 15.6 Å². The van der Waals surface area contributed by atoms with Crippen molar-refractivity contribution in [2.45, 2.75) is 31.6 Å².